The summed E-state index contributed by atoms with van der Waals surface area (Å²) in [6, 6.07) is 13.3. The Morgan fingerprint density at radius 1 is 1.24 bits per heavy atom. The number of benzene rings is 2. The highest BCUT2D eigenvalue weighted by Gasteiger charge is 2.17. The molecule has 8 nitrogen and oxygen atoms in total. The predicted molar refractivity (Wildman–Crippen MR) is 108 cm³/mol. The third kappa shape index (κ3) is 7.61. The Hall–Kier alpha value is -2.81. The molecule has 29 heavy (non-hydrogen) atoms. The summed E-state index contributed by atoms with van der Waals surface area (Å²) in [5.74, 6) is 0.819. The lowest BCUT2D eigenvalue weighted by Gasteiger charge is -2.20. The lowest BCUT2D eigenvalue weighted by atomic mass is 10.1. The number of rotatable bonds is 7. The van der Waals surface area contributed by atoms with Gasteiger partial charge in [-0.25, -0.2) is 4.98 Å². The number of hydrogen-bond acceptors (Lipinski definition) is 5. The lowest BCUT2D eigenvalue weighted by Crippen LogP contribution is -2.12. The van der Waals surface area contributed by atoms with Crippen molar-refractivity contribution in [3.8, 4) is 5.75 Å². The summed E-state index contributed by atoms with van der Waals surface area (Å²) in [4.78, 5) is 12.4. The van der Waals surface area contributed by atoms with Gasteiger partial charge in [0.2, 0.25) is 0 Å². The number of nitrogens with zero attached hydrogens (tertiary/aromatic N) is 3. The molecule has 1 atom stereocenters. The van der Waals surface area contributed by atoms with Crippen molar-refractivity contribution < 1.29 is 19.8 Å². The van der Waals surface area contributed by atoms with Gasteiger partial charge in [-0.15, -0.1) is 10.1 Å². The standard InChI is InChI=1S/C19H18Cl2N2O2.HNO3/c1-24-16-5-2-14(3-6-16)12-25-19(11-23-9-8-22-13-23)17-7-4-15(20)10-18(17)21;2-1(3)4/h2-10,13,19H,11-12H2,1H3;(H,2,3,4). The van der Waals surface area contributed by atoms with Crippen LogP contribution in [0.4, 0.5) is 0 Å². The number of halogens is 2. The number of aromatic nitrogens is 2. The molecule has 0 aliphatic carbocycles. The van der Waals surface area contributed by atoms with Crippen LogP contribution in [0.5, 0.6) is 5.75 Å². The minimum atomic E-state index is -1.50. The SMILES string of the molecule is COc1ccc(COC(Cn2ccnc2)c2ccc(Cl)cc2Cl)cc1.O=[N+]([O-])O. The van der Waals surface area contributed by atoms with E-state index >= 15 is 0 Å². The maximum absolute atomic E-state index is 8.36. The van der Waals surface area contributed by atoms with Crippen molar-refractivity contribution in [3.05, 3.63) is 92.5 Å². The summed E-state index contributed by atoms with van der Waals surface area (Å²) in [6.45, 7) is 1.07. The van der Waals surface area contributed by atoms with Gasteiger partial charge in [-0.2, -0.15) is 0 Å². The topological polar surface area (TPSA) is 99.7 Å². The molecule has 0 aliphatic heterocycles. The Balaban J connectivity index is 0.000000687. The molecule has 0 amide bonds. The van der Waals surface area contributed by atoms with Crippen molar-refractivity contribution in [1.82, 2.24) is 9.55 Å². The first-order chi connectivity index (χ1) is 13.9. The average Bonchev–Trinajstić information content (AvgIpc) is 3.18. The first-order valence-electron chi connectivity index (χ1n) is 8.37. The predicted octanol–water partition coefficient (Wildman–Crippen LogP) is 4.81. The molecule has 10 heteroatoms. The fourth-order valence-electron chi connectivity index (χ4n) is 2.51. The van der Waals surface area contributed by atoms with E-state index in [1.807, 2.05) is 47.2 Å². The molecule has 0 aliphatic rings. The molecule has 0 saturated heterocycles. The summed E-state index contributed by atoms with van der Waals surface area (Å²) < 4.78 is 13.3. The summed E-state index contributed by atoms with van der Waals surface area (Å²) in [5, 5.41) is 14.8. The molecule has 2 aromatic carbocycles. The minimum Gasteiger partial charge on any atom is -0.497 e. The van der Waals surface area contributed by atoms with Crippen molar-refractivity contribution in [3.63, 3.8) is 0 Å². The van der Waals surface area contributed by atoms with E-state index in [9.17, 15) is 0 Å². The van der Waals surface area contributed by atoms with Gasteiger partial charge in [0.15, 0.2) is 0 Å². The Morgan fingerprint density at radius 2 is 1.93 bits per heavy atom. The van der Waals surface area contributed by atoms with Gasteiger partial charge >= 0.3 is 0 Å². The zero-order valence-electron chi connectivity index (χ0n) is 15.4. The van der Waals surface area contributed by atoms with E-state index in [2.05, 4.69) is 4.98 Å². The highest BCUT2D eigenvalue weighted by Crippen LogP contribution is 2.30. The smallest absolute Gasteiger partial charge is 0.291 e. The third-order valence-electron chi connectivity index (χ3n) is 3.86. The van der Waals surface area contributed by atoms with Crippen LogP contribution >= 0.6 is 23.2 Å². The monoisotopic (exact) mass is 439 g/mol. The zero-order valence-corrected chi connectivity index (χ0v) is 17.0. The van der Waals surface area contributed by atoms with E-state index in [-0.39, 0.29) is 6.10 Å². The Bertz CT molecular complexity index is 901. The van der Waals surface area contributed by atoms with Crippen molar-refractivity contribution in [1.29, 1.82) is 0 Å². The van der Waals surface area contributed by atoms with Crippen LogP contribution in [0.3, 0.4) is 0 Å². The van der Waals surface area contributed by atoms with Gasteiger partial charge in [-0.05, 0) is 29.8 Å². The Labute approximate surface area is 177 Å². The van der Waals surface area contributed by atoms with Gasteiger partial charge in [-0.3, -0.25) is 0 Å². The van der Waals surface area contributed by atoms with Gasteiger partial charge in [-0.1, -0.05) is 41.4 Å². The highest BCUT2D eigenvalue weighted by atomic mass is 35.5. The molecule has 1 unspecified atom stereocenters. The molecule has 154 valence electrons. The highest BCUT2D eigenvalue weighted by molar-refractivity contribution is 6.35. The van der Waals surface area contributed by atoms with E-state index in [0.29, 0.717) is 23.2 Å². The van der Waals surface area contributed by atoms with Crippen LogP contribution in [0.1, 0.15) is 17.2 Å². The molecule has 0 radical (unpaired) electrons. The molecule has 1 heterocycles. The summed E-state index contributed by atoms with van der Waals surface area (Å²) in [6.07, 6.45) is 5.17. The molecular weight excluding hydrogens is 421 g/mol. The molecule has 3 aromatic rings. The molecule has 1 N–H and O–H groups in total. The van der Waals surface area contributed by atoms with Gasteiger partial charge < -0.3 is 19.2 Å². The largest absolute Gasteiger partial charge is 0.497 e. The quantitative estimate of drug-likeness (QED) is 0.418. The molecule has 0 spiro atoms. The molecule has 0 saturated carbocycles. The molecule has 1 aromatic heterocycles. The minimum absolute atomic E-state index is 0.221. The third-order valence-corrected chi connectivity index (χ3v) is 4.42. The normalized spacial score (nSPS) is 11.3. The van der Waals surface area contributed by atoms with Crippen molar-refractivity contribution in [2.75, 3.05) is 7.11 Å². The van der Waals surface area contributed by atoms with Crippen molar-refractivity contribution in [2.45, 2.75) is 19.3 Å². The van der Waals surface area contributed by atoms with Crippen LogP contribution in [0.15, 0.2) is 61.2 Å². The number of imidazole rings is 1. The van der Waals surface area contributed by atoms with Crippen LogP contribution in [-0.4, -0.2) is 27.0 Å². The number of methoxy groups -OCH3 is 1. The first-order valence-corrected chi connectivity index (χ1v) is 9.13. The fourth-order valence-corrected chi connectivity index (χ4v) is 3.04. The summed E-state index contributed by atoms with van der Waals surface area (Å²) >= 11 is 12.4. The van der Waals surface area contributed by atoms with Crippen LogP contribution in [0.25, 0.3) is 0 Å². The number of hydrogen-bond donors (Lipinski definition) is 1. The van der Waals surface area contributed by atoms with E-state index in [1.165, 1.54) is 0 Å². The Morgan fingerprint density at radius 3 is 2.48 bits per heavy atom. The number of ether oxygens (including phenoxy) is 2. The van der Waals surface area contributed by atoms with E-state index in [1.54, 1.807) is 25.7 Å². The second kappa shape index (κ2) is 11.3. The lowest BCUT2D eigenvalue weighted by molar-refractivity contribution is -0.742. The Kier molecular flexibility index (Phi) is 8.72. The fraction of sp³-hybridized carbons (Fsp3) is 0.211. The van der Waals surface area contributed by atoms with Gasteiger partial charge in [0.05, 0.1) is 26.6 Å². The van der Waals surface area contributed by atoms with Crippen molar-refractivity contribution in [2.24, 2.45) is 0 Å². The van der Waals surface area contributed by atoms with Gasteiger partial charge in [0.25, 0.3) is 5.09 Å². The van der Waals surface area contributed by atoms with Gasteiger partial charge in [0, 0.05) is 28.0 Å². The summed E-state index contributed by atoms with van der Waals surface area (Å²) in [5.41, 5.74) is 1.95. The summed E-state index contributed by atoms with van der Waals surface area (Å²) in [7, 11) is 1.65. The van der Waals surface area contributed by atoms with Crippen LogP contribution in [-0.2, 0) is 17.9 Å². The van der Waals surface area contributed by atoms with E-state index in [4.69, 9.17) is 48.0 Å². The second-order valence-electron chi connectivity index (χ2n) is 5.81. The van der Waals surface area contributed by atoms with Crippen LogP contribution < -0.4 is 4.74 Å². The first kappa shape index (κ1) is 22.5. The molecular formula is C19H19Cl2N3O5. The van der Waals surface area contributed by atoms with Gasteiger partial charge in [0.1, 0.15) is 11.9 Å². The maximum atomic E-state index is 8.36. The van der Waals surface area contributed by atoms with E-state index < -0.39 is 5.09 Å². The zero-order chi connectivity index (χ0) is 21.2. The molecule has 0 fully saturated rings. The molecule has 0 bridgehead atoms. The van der Waals surface area contributed by atoms with Crippen LogP contribution in [0.2, 0.25) is 10.0 Å². The average molecular weight is 440 g/mol. The maximum Gasteiger partial charge on any atom is 0.291 e. The van der Waals surface area contributed by atoms with E-state index in [0.717, 1.165) is 16.9 Å². The second-order valence-corrected chi connectivity index (χ2v) is 6.65. The van der Waals surface area contributed by atoms with Crippen molar-refractivity contribution >= 4 is 23.2 Å². The molecule has 3 rings (SSSR count). The van der Waals surface area contributed by atoms with Crippen LogP contribution in [0, 0.1) is 10.1 Å².